The number of nitriles is 1. The summed E-state index contributed by atoms with van der Waals surface area (Å²) in [5.74, 6) is 5.47. The summed E-state index contributed by atoms with van der Waals surface area (Å²) in [7, 11) is 1.56. The van der Waals surface area contributed by atoms with E-state index in [4.69, 9.17) is 21.6 Å². The van der Waals surface area contributed by atoms with Crippen molar-refractivity contribution in [2.24, 2.45) is 0 Å². The van der Waals surface area contributed by atoms with Crippen molar-refractivity contribution in [3.8, 4) is 23.7 Å². The highest BCUT2D eigenvalue weighted by Crippen LogP contribution is 2.25. The second-order valence-corrected chi connectivity index (χ2v) is 6.72. The molecule has 0 saturated heterocycles. The lowest BCUT2D eigenvalue weighted by Crippen LogP contribution is -2.39. The van der Waals surface area contributed by atoms with Crippen LogP contribution >= 0.6 is 11.6 Å². The number of nitrogens with zero attached hydrogens (tertiary/aromatic N) is 1. The monoisotopic (exact) mass is 416 g/mol. The van der Waals surface area contributed by atoms with Crippen molar-refractivity contribution in [1.82, 2.24) is 0 Å². The Balaban J connectivity index is 1.96. The van der Waals surface area contributed by atoms with Crippen molar-refractivity contribution >= 4 is 23.2 Å². The van der Waals surface area contributed by atoms with E-state index in [1.54, 1.807) is 61.7 Å². The third-order valence-electron chi connectivity index (χ3n) is 4.35. The van der Waals surface area contributed by atoms with Gasteiger partial charge in [0.1, 0.15) is 11.8 Å². The van der Waals surface area contributed by atoms with Gasteiger partial charge < -0.3 is 15.2 Å². The summed E-state index contributed by atoms with van der Waals surface area (Å²) in [6.07, 6.45) is 0. The van der Waals surface area contributed by atoms with Gasteiger partial charge in [-0.05, 0) is 48.4 Å². The fraction of sp³-hybridized carbons (Fsp3) is 0.0833. The van der Waals surface area contributed by atoms with Gasteiger partial charge >= 0.3 is 0 Å². The summed E-state index contributed by atoms with van der Waals surface area (Å²) in [5.41, 5.74) is -0.554. The topological polar surface area (TPSA) is 82.3 Å². The van der Waals surface area contributed by atoms with Crippen LogP contribution in [0.5, 0.6) is 5.75 Å². The molecule has 1 atom stereocenters. The number of aliphatic hydroxyl groups is 1. The summed E-state index contributed by atoms with van der Waals surface area (Å²) in [6.45, 7) is 0. The predicted octanol–water partition coefficient (Wildman–Crippen LogP) is 4.10. The van der Waals surface area contributed by atoms with E-state index >= 15 is 0 Å². The standard InChI is InChI=1S/C24H17ClN2O3/c1-30-21-11-7-17(8-12-21)13-14-24(29,19-5-3-2-4-6-19)23(28)27-20-10-9-18(16-26)22(25)15-20/h2-12,15,29H,1H3,(H,27,28). The minimum absolute atomic E-state index is 0.197. The highest BCUT2D eigenvalue weighted by Gasteiger charge is 2.36. The van der Waals surface area contributed by atoms with Crippen molar-refractivity contribution in [3.05, 3.63) is 94.5 Å². The molecule has 0 radical (unpaired) electrons. The van der Waals surface area contributed by atoms with E-state index < -0.39 is 11.5 Å². The van der Waals surface area contributed by atoms with Crippen LogP contribution in [0.25, 0.3) is 0 Å². The van der Waals surface area contributed by atoms with Crippen LogP contribution in [0.15, 0.2) is 72.8 Å². The molecule has 0 saturated carbocycles. The van der Waals surface area contributed by atoms with Crippen molar-refractivity contribution < 1.29 is 14.6 Å². The number of hydrogen-bond donors (Lipinski definition) is 2. The number of rotatable bonds is 4. The predicted molar refractivity (Wildman–Crippen MR) is 115 cm³/mol. The Morgan fingerprint density at radius 1 is 1.10 bits per heavy atom. The molecule has 3 rings (SSSR count). The molecule has 0 aromatic heterocycles. The number of nitrogens with one attached hydrogen (secondary N) is 1. The van der Waals surface area contributed by atoms with Gasteiger partial charge in [-0.1, -0.05) is 47.9 Å². The summed E-state index contributed by atoms with van der Waals surface area (Å²) in [6, 6.07) is 21.8. The van der Waals surface area contributed by atoms with Crippen molar-refractivity contribution in [2.75, 3.05) is 12.4 Å². The number of anilines is 1. The Morgan fingerprint density at radius 3 is 2.40 bits per heavy atom. The zero-order valence-corrected chi connectivity index (χ0v) is 16.8. The van der Waals surface area contributed by atoms with Crippen LogP contribution in [0.1, 0.15) is 16.7 Å². The molecule has 0 fully saturated rings. The number of carbonyl (C=O) groups excluding carboxylic acids is 1. The van der Waals surface area contributed by atoms with E-state index in [-0.39, 0.29) is 10.6 Å². The molecule has 1 amide bonds. The molecule has 0 spiro atoms. The molecule has 30 heavy (non-hydrogen) atoms. The first-order valence-corrected chi connectivity index (χ1v) is 9.30. The molecule has 0 aliphatic carbocycles. The molecule has 5 nitrogen and oxygen atoms in total. The average Bonchev–Trinajstić information content (AvgIpc) is 2.78. The van der Waals surface area contributed by atoms with Crippen LogP contribution in [-0.2, 0) is 10.4 Å². The fourth-order valence-electron chi connectivity index (χ4n) is 2.68. The number of amides is 1. The fourth-order valence-corrected chi connectivity index (χ4v) is 2.90. The van der Waals surface area contributed by atoms with E-state index in [2.05, 4.69) is 17.2 Å². The lowest BCUT2D eigenvalue weighted by Gasteiger charge is -2.22. The van der Waals surface area contributed by atoms with Gasteiger partial charge in [0.2, 0.25) is 5.60 Å². The summed E-state index contributed by atoms with van der Waals surface area (Å²) in [5, 5.41) is 23.1. The van der Waals surface area contributed by atoms with Gasteiger partial charge in [0.05, 0.1) is 17.7 Å². The first-order valence-electron chi connectivity index (χ1n) is 8.92. The molecule has 0 aliphatic heterocycles. The number of methoxy groups -OCH3 is 1. The Bertz CT molecular complexity index is 1160. The zero-order valence-electron chi connectivity index (χ0n) is 16.0. The maximum absolute atomic E-state index is 13.0. The van der Waals surface area contributed by atoms with Crippen molar-refractivity contribution in [2.45, 2.75) is 5.60 Å². The third kappa shape index (κ3) is 4.61. The zero-order chi connectivity index (χ0) is 21.6. The lowest BCUT2D eigenvalue weighted by atomic mass is 9.92. The first-order chi connectivity index (χ1) is 14.5. The van der Waals surface area contributed by atoms with Gasteiger partial charge in [0.25, 0.3) is 5.91 Å². The lowest BCUT2D eigenvalue weighted by molar-refractivity contribution is -0.129. The number of ether oxygens (including phenoxy) is 1. The van der Waals surface area contributed by atoms with E-state index in [1.807, 2.05) is 6.07 Å². The highest BCUT2D eigenvalue weighted by molar-refractivity contribution is 6.32. The molecule has 6 heteroatoms. The van der Waals surface area contributed by atoms with Crippen LogP contribution in [0.2, 0.25) is 5.02 Å². The molecule has 0 bridgehead atoms. The molecule has 2 N–H and O–H groups in total. The molecule has 0 heterocycles. The van der Waals surface area contributed by atoms with Crippen LogP contribution < -0.4 is 10.1 Å². The average molecular weight is 417 g/mol. The summed E-state index contributed by atoms with van der Waals surface area (Å²) >= 11 is 6.04. The highest BCUT2D eigenvalue weighted by atomic mass is 35.5. The maximum Gasteiger partial charge on any atom is 0.273 e. The van der Waals surface area contributed by atoms with Crippen LogP contribution in [-0.4, -0.2) is 18.1 Å². The first kappa shape index (κ1) is 21.0. The molecule has 148 valence electrons. The minimum Gasteiger partial charge on any atom is -0.497 e. The molecule has 3 aromatic carbocycles. The Kier molecular flexibility index (Phi) is 6.39. The van der Waals surface area contributed by atoms with Gasteiger partial charge in [0.15, 0.2) is 0 Å². The SMILES string of the molecule is COc1ccc(C#CC(O)(C(=O)Nc2ccc(C#N)c(Cl)c2)c2ccccc2)cc1. The van der Waals surface area contributed by atoms with E-state index in [9.17, 15) is 9.90 Å². The Morgan fingerprint density at radius 2 is 1.80 bits per heavy atom. The third-order valence-corrected chi connectivity index (χ3v) is 4.66. The minimum atomic E-state index is -2.11. The quantitative estimate of drug-likeness (QED) is 0.627. The van der Waals surface area contributed by atoms with Gasteiger partial charge in [-0.15, -0.1) is 0 Å². The Hall–Kier alpha value is -3.77. The summed E-state index contributed by atoms with van der Waals surface area (Å²) < 4.78 is 5.12. The number of benzene rings is 3. The number of carbonyl (C=O) groups is 1. The van der Waals surface area contributed by atoms with Gasteiger partial charge in [0, 0.05) is 16.8 Å². The largest absolute Gasteiger partial charge is 0.497 e. The Labute approximate surface area is 179 Å². The van der Waals surface area contributed by atoms with Gasteiger partial charge in [-0.3, -0.25) is 4.79 Å². The van der Waals surface area contributed by atoms with Crippen molar-refractivity contribution in [3.63, 3.8) is 0 Å². The van der Waals surface area contributed by atoms with Crippen LogP contribution in [0, 0.1) is 23.2 Å². The maximum atomic E-state index is 13.0. The van der Waals surface area contributed by atoms with E-state index in [0.717, 1.165) is 0 Å². The molecule has 3 aromatic rings. The number of hydrogen-bond acceptors (Lipinski definition) is 4. The molecule has 0 aliphatic rings. The molecule has 1 unspecified atom stereocenters. The second-order valence-electron chi connectivity index (χ2n) is 6.32. The second kappa shape index (κ2) is 9.15. The molecular formula is C24H17ClN2O3. The molecular weight excluding hydrogens is 400 g/mol. The van der Waals surface area contributed by atoms with Crippen molar-refractivity contribution in [1.29, 1.82) is 5.26 Å². The number of halogens is 1. The van der Waals surface area contributed by atoms with E-state index in [1.165, 1.54) is 18.2 Å². The van der Waals surface area contributed by atoms with Gasteiger partial charge in [-0.25, -0.2) is 0 Å². The van der Waals surface area contributed by atoms with Crippen LogP contribution in [0.3, 0.4) is 0 Å². The van der Waals surface area contributed by atoms with E-state index in [0.29, 0.717) is 22.6 Å². The summed E-state index contributed by atoms with van der Waals surface area (Å²) in [4.78, 5) is 13.0. The smallest absolute Gasteiger partial charge is 0.273 e. The van der Waals surface area contributed by atoms with Crippen LogP contribution in [0.4, 0.5) is 5.69 Å². The van der Waals surface area contributed by atoms with Gasteiger partial charge in [-0.2, -0.15) is 5.26 Å². The normalized spacial score (nSPS) is 11.9.